The summed E-state index contributed by atoms with van der Waals surface area (Å²) in [5, 5.41) is 2.81. The second-order valence-electron chi connectivity index (χ2n) is 3.36. The normalized spacial score (nSPS) is 32.3. The van der Waals surface area contributed by atoms with E-state index in [2.05, 4.69) is 5.32 Å². The lowest BCUT2D eigenvalue weighted by atomic mass is 9.91. The second kappa shape index (κ2) is 3.17. The third-order valence-electron chi connectivity index (χ3n) is 2.43. The molecule has 2 aliphatic rings. The van der Waals surface area contributed by atoms with Crippen LogP contribution in [0.25, 0.3) is 0 Å². The lowest BCUT2D eigenvalue weighted by Gasteiger charge is -2.20. The number of amides is 1. The number of rotatable bonds is 0. The van der Waals surface area contributed by atoms with Crippen LogP contribution in [-0.2, 0) is 9.59 Å². The molecule has 0 spiro atoms. The third kappa shape index (κ3) is 1.54. The van der Waals surface area contributed by atoms with Crippen molar-refractivity contribution in [3.8, 4) is 0 Å². The van der Waals surface area contributed by atoms with Gasteiger partial charge in [-0.3, -0.25) is 9.59 Å². The monoisotopic (exact) mass is 177 g/mol. The quantitative estimate of drug-likeness (QED) is 0.588. The van der Waals surface area contributed by atoms with Crippen molar-refractivity contribution in [1.29, 1.82) is 0 Å². The molecule has 1 amide bonds. The van der Waals surface area contributed by atoms with Crippen molar-refractivity contribution in [3.05, 3.63) is 24.3 Å². The average Bonchev–Trinajstić information content (AvgIpc) is 2.27. The van der Waals surface area contributed by atoms with Crippen molar-refractivity contribution in [2.75, 3.05) is 0 Å². The van der Waals surface area contributed by atoms with E-state index in [1.165, 1.54) is 0 Å². The topological polar surface area (TPSA) is 46.2 Å². The minimum Gasteiger partial charge on any atom is -0.349 e. The molecule has 13 heavy (non-hydrogen) atoms. The minimum atomic E-state index is -0.142. The molecule has 1 heterocycles. The number of hydrogen-bond acceptors (Lipinski definition) is 2. The molecule has 1 N–H and O–H groups in total. The summed E-state index contributed by atoms with van der Waals surface area (Å²) in [5.74, 6) is -0.0128. The Labute approximate surface area is 76.5 Å². The highest BCUT2D eigenvalue weighted by molar-refractivity contribution is 5.91. The van der Waals surface area contributed by atoms with Crippen LogP contribution < -0.4 is 5.32 Å². The maximum Gasteiger partial charge on any atom is 0.220 e. The van der Waals surface area contributed by atoms with E-state index in [4.69, 9.17) is 0 Å². The highest BCUT2D eigenvalue weighted by Gasteiger charge is 2.29. The Kier molecular flexibility index (Phi) is 2.00. The molecule has 1 aliphatic carbocycles. The first kappa shape index (κ1) is 8.23. The van der Waals surface area contributed by atoms with E-state index >= 15 is 0 Å². The van der Waals surface area contributed by atoms with Crippen molar-refractivity contribution < 1.29 is 9.59 Å². The first-order valence-electron chi connectivity index (χ1n) is 4.44. The molecule has 1 fully saturated rings. The van der Waals surface area contributed by atoms with E-state index in [9.17, 15) is 9.59 Å². The molecular weight excluding hydrogens is 166 g/mol. The molecule has 2 unspecified atom stereocenters. The Morgan fingerprint density at radius 2 is 1.92 bits per heavy atom. The van der Waals surface area contributed by atoms with Crippen molar-refractivity contribution in [2.45, 2.75) is 18.9 Å². The zero-order valence-corrected chi connectivity index (χ0v) is 7.19. The van der Waals surface area contributed by atoms with Crippen LogP contribution in [-0.4, -0.2) is 17.7 Å². The van der Waals surface area contributed by atoms with Gasteiger partial charge in [-0.1, -0.05) is 24.3 Å². The van der Waals surface area contributed by atoms with Crippen LogP contribution in [0.1, 0.15) is 12.8 Å². The standard InChI is InChI=1S/C10H11NO2/c12-9-5-6-10(13)11-8-4-2-1-3-7(8)9/h1-4,7-8H,5-6H2,(H,11,13). The fourth-order valence-corrected chi connectivity index (χ4v) is 1.71. The summed E-state index contributed by atoms with van der Waals surface area (Å²) in [6, 6.07) is -0.118. The summed E-state index contributed by atoms with van der Waals surface area (Å²) in [4.78, 5) is 22.7. The lowest BCUT2D eigenvalue weighted by molar-refractivity contribution is -0.123. The number of ketones is 1. The second-order valence-corrected chi connectivity index (χ2v) is 3.36. The number of allylic oxidation sites excluding steroid dienone is 2. The van der Waals surface area contributed by atoms with Gasteiger partial charge in [-0.2, -0.15) is 0 Å². The average molecular weight is 177 g/mol. The van der Waals surface area contributed by atoms with Gasteiger partial charge in [-0.25, -0.2) is 0 Å². The van der Waals surface area contributed by atoms with Gasteiger partial charge in [0.25, 0.3) is 0 Å². The molecular formula is C10H11NO2. The van der Waals surface area contributed by atoms with Crippen LogP contribution in [0.4, 0.5) is 0 Å². The molecule has 1 aliphatic heterocycles. The van der Waals surface area contributed by atoms with Gasteiger partial charge in [0, 0.05) is 12.8 Å². The van der Waals surface area contributed by atoms with E-state index < -0.39 is 0 Å². The molecule has 3 nitrogen and oxygen atoms in total. The highest BCUT2D eigenvalue weighted by atomic mass is 16.2. The zero-order valence-electron chi connectivity index (χ0n) is 7.19. The summed E-state index contributed by atoms with van der Waals surface area (Å²) in [5.41, 5.74) is 0. The Bertz CT molecular complexity index is 304. The number of fused-ring (bicyclic) bond motifs is 1. The molecule has 0 bridgehead atoms. The summed E-state index contributed by atoms with van der Waals surface area (Å²) in [6.07, 6.45) is 8.14. The van der Waals surface area contributed by atoms with Crippen LogP contribution in [0.15, 0.2) is 24.3 Å². The summed E-state index contributed by atoms with van der Waals surface area (Å²) in [7, 11) is 0. The molecule has 1 saturated heterocycles. The molecule has 2 atom stereocenters. The van der Waals surface area contributed by atoms with Gasteiger partial charge in [0.05, 0.1) is 12.0 Å². The predicted molar refractivity (Wildman–Crippen MR) is 47.9 cm³/mol. The third-order valence-corrected chi connectivity index (χ3v) is 2.43. The number of carbonyl (C=O) groups is 2. The number of Topliss-reactive ketones (excluding diaryl/α,β-unsaturated/α-hetero) is 1. The van der Waals surface area contributed by atoms with E-state index in [1.54, 1.807) is 0 Å². The molecule has 0 aromatic rings. The van der Waals surface area contributed by atoms with Crippen molar-refractivity contribution in [3.63, 3.8) is 0 Å². The van der Waals surface area contributed by atoms with Crippen LogP contribution in [0.3, 0.4) is 0 Å². The van der Waals surface area contributed by atoms with Crippen LogP contribution in [0.5, 0.6) is 0 Å². The summed E-state index contributed by atoms with van der Waals surface area (Å²) >= 11 is 0. The van der Waals surface area contributed by atoms with Gasteiger partial charge in [0.15, 0.2) is 0 Å². The SMILES string of the molecule is O=C1CCC(=O)C2C=CC=CC2N1. The number of nitrogens with one attached hydrogen (secondary N) is 1. The van der Waals surface area contributed by atoms with E-state index in [0.29, 0.717) is 12.8 Å². The lowest BCUT2D eigenvalue weighted by Crippen LogP contribution is -2.38. The fraction of sp³-hybridized carbons (Fsp3) is 0.400. The Balaban J connectivity index is 2.25. The van der Waals surface area contributed by atoms with Crippen LogP contribution >= 0.6 is 0 Å². The van der Waals surface area contributed by atoms with Gasteiger partial charge in [0.2, 0.25) is 5.91 Å². The molecule has 2 rings (SSSR count). The van der Waals surface area contributed by atoms with Gasteiger partial charge in [-0.15, -0.1) is 0 Å². The molecule has 0 aromatic carbocycles. The first-order valence-corrected chi connectivity index (χ1v) is 4.44. The van der Waals surface area contributed by atoms with Gasteiger partial charge < -0.3 is 5.32 Å². The maximum atomic E-state index is 11.5. The Hall–Kier alpha value is -1.38. The van der Waals surface area contributed by atoms with Crippen LogP contribution in [0, 0.1) is 5.92 Å². The zero-order chi connectivity index (χ0) is 9.26. The van der Waals surface area contributed by atoms with E-state index in [-0.39, 0.29) is 23.7 Å². The summed E-state index contributed by atoms with van der Waals surface area (Å²) in [6.45, 7) is 0. The van der Waals surface area contributed by atoms with Gasteiger partial charge in [-0.05, 0) is 0 Å². The predicted octanol–water partition coefficient (Wildman–Crippen LogP) is 0.576. The largest absolute Gasteiger partial charge is 0.349 e. The smallest absolute Gasteiger partial charge is 0.220 e. The number of carbonyl (C=O) groups excluding carboxylic acids is 2. The molecule has 0 saturated carbocycles. The number of hydrogen-bond donors (Lipinski definition) is 1. The Morgan fingerprint density at radius 3 is 2.77 bits per heavy atom. The molecule has 3 heteroatoms. The maximum absolute atomic E-state index is 11.5. The molecule has 0 radical (unpaired) electrons. The minimum absolute atomic E-state index is 0.0270. The van der Waals surface area contributed by atoms with Crippen molar-refractivity contribution >= 4 is 11.7 Å². The van der Waals surface area contributed by atoms with Gasteiger partial charge >= 0.3 is 0 Å². The molecule has 68 valence electrons. The van der Waals surface area contributed by atoms with E-state index in [1.807, 2.05) is 24.3 Å². The fourth-order valence-electron chi connectivity index (χ4n) is 1.71. The molecule has 0 aromatic heterocycles. The Morgan fingerprint density at radius 1 is 1.15 bits per heavy atom. The highest BCUT2D eigenvalue weighted by Crippen LogP contribution is 2.19. The first-order chi connectivity index (χ1) is 6.27. The van der Waals surface area contributed by atoms with Crippen molar-refractivity contribution in [1.82, 2.24) is 5.32 Å². The summed E-state index contributed by atoms with van der Waals surface area (Å²) < 4.78 is 0. The van der Waals surface area contributed by atoms with E-state index in [0.717, 1.165) is 0 Å². The van der Waals surface area contributed by atoms with Crippen molar-refractivity contribution in [2.24, 2.45) is 5.92 Å². The van der Waals surface area contributed by atoms with Crippen LogP contribution in [0.2, 0.25) is 0 Å². The van der Waals surface area contributed by atoms with Gasteiger partial charge in [0.1, 0.15) is 5.78 Å².